The Morgan fingerprint density at radius 3 is 2.75 bits per heavy atom. The summed E-state index contributed by atoms with van der Waals surface area (Å²) in [5.74, 6) is 2.25. The van der Waals surface area contributed by atoms with Crippen LogP contribution in [0.1, 0.15) is 13.3 Å². The Labute approximate surface area is 98.9 Å². The number of rotatable bonds is 4. The smallest absolute Gasteiger partial charge is 0.307 e. The normalized spacial score (nSPS) is 21.8. The van der Waals surface area contributed by atoms with Gasteiger partial charge in [0.25, 0.3) is 0 Å². The van der Waals surface area contributed by atoms with Gasteiger partial charge in [-0.15, -0.1) is 0 Å². The molecule has 1 aliphatic rings. The van der Waals surface area contributed by atoms with Gasteiger partial charge >= 0.3 is 6.18 Å². The summed E-state index contributed by atoms with van der Waals surface area (Å²) in [4.78, 5) is 2.27. The second kappa shape index (κ2) is 6.71. The van der Waals surface area contributed by atoms with Gasteiger partial charge in [-0.1, -0.05) is 0 Å². The fourth-order valence-corrected chi connectivity index (χ4v) is 2.66. The second-order valence-corrected chi connectivity index (χ2v) is 5.32. The van der Waals surface area contributed by atoms with Crippen molar-refractivity contribution in [2.45, 2.75) is 25.6 Å². The van der Waals surface area contributed by atoms with E-state index in [1.54, 1.807) is 0 Å². The van der Waals surface area contributed by atoms with Crippen LogP contribution in [0.3, 0.4) is 0 Å². The minimum atomic E-state index is -4.10. The predicted octanol–water partition coefficient (Wildman–Crippen LogP) is 1.97. The molecule has 0 saturated carbocycles. The van der Waals surface area contributed by atoms with E-state index in [-0.39, 0.29) is 6.04 Å². The number of halogens is 3. The number of nitrogens with zero attached hydrogens (tertiary/aromatic N) is 1. The fourth-order valence-electron chi connectivity index (χ4n) is 1.76. The van der Waals surface area contributed by atoms with Gasteiger partial charge in [0, 0.05) is 24.9 Å². The van der Waals surface area contributed by atoms with E-state index in [1.807, 2.05) is 18.7 Å². The molecule has 0 aromatic carbocycles. The van der Waals surface area contributed by atoms with Gasteiger partial charge in [0.15, 0.2) is 0 Å². The Morgan fingerprint density at radius 1 is 1.31 bits per heavy atom. The van der Waals surface area contributed by atoms with Crippen molar-refractivity contribution < 1.29 is 13.2 Å². The Morgan fingerprint density at radius 2 is 2.06 bits per heavy atom. The van der Waals surface area contributed by atoms with Crippen LogP contribution in [-0.4, -0.2) is 54.8 Å². The molecule has 1 unspecified atom stereocenters. The number of alkyl halides is 3. The molecule has 0 radical (unpaired) electrons. The van der Waals surface area contributed by atoms with Crippen LogP contribution in [0.4, 0.5) is 13.2 Å². The van der Waals surface area contributed by atoms with E-state index >= 15 is 0 Å². The quantitative estimate of drug-likeness (QED) is 0.828. The standard InChI is InChI=1S/C10H19F3N2S/c1-9(7-14-8-10(11,12)13)15-3-2-5-16-6-4-15/h9,14H,2-8H2,1H3. The number of thioether (sulfide) groups is 1. The summed E-state index contributed by atoms with van der Waals surface area (Å²) >= 11 is 1.92. The highest BCUT2D eigenvalue weighted by Crippen LogP contribution is 2.14. The molecule has 16 heavy (non-hydrogen) atoms. The molecule has 0 aromatic rings. The lowest BCUT2D eigenvalue weighted by Gasteiger charge is -2.27. The zero-order chi connectivity index (χ0) is 12.0. The maximum absolute atomic E-state index is 11.9. The van der Waals surface area contributed by atoms with Gasteiger partial charge < -0.3 is 5.32 Å². The van der Waals surface area contributed by atoms with Crippen molar-refractivity contribution in [3.63, 3.8) is 0 Å². The van der Waals surface area contributed by atoms with Gasteiger partial charge in [-0.2, -0.15) is 24.9 Å². The molecule has 6 heteroatoms. The van der Waals surface area contributed by atoms with Crippen molar-refractivity contribution in [2.24, 2.45) is 0 Å². The zero-order valence-electron chi connectivity index (χ0n) is 9.52. The van der Waals surface area contributed by atoms with E-state index in [1.165, 1.54) is 5.75 Å². The Balaban J connectivity index is 2.20. The highest BCUT2D eigenvalue weighted by Gasteiger charge is 2.26. The summed E-state index contributed by atoms with van der Waals surface area (Å²) in [6.45, 7) is 3.49. The van der Waals surface area contributed by atoms with Crippen molar-refractivity contribution in [1.82, 2.24) is 10.2 Å². The molecule has 1 saturated heterocycles. The van der Waals surface area contributed by atoms with E-state index < -0.39 is 12.7 Å². The molecule has 2 nitrogen and oxygen atoms in total. The van der Waals surface area contributed by atoms with Crippen LogP contribution in [0.15, 0.2) is 0 Å². The lowest BCUT2D eigenvalue weighted by atomic mass is 10.2. The molecule has 0 spiro atoms. The van der Waals surface area contributed by atoms with Crippen LogP contribution < -0.4 is 5.32 Å². The SMILES string of the molecule is CC(CNCC(F)(F)F)N1CCCSCC1. The molecule has 1 rings (SSSR count). The molecule has 1 atom stereocenters. The molecule has 0 aliphatic carbocycles. The first kappa shape index (κ1) is 14.1. The molecule has 0 amide bonds. The van der Waals surface area contributed by atoms with Crippen LogP contribution in [0.2, 0.25) is 0 Å². The van der Waals surface area contributed by atoms with Crippen LogP contribution in [0, 0.1) is 0 Å². The summed E-state index contributed by atoms with van der Waals surface area (Å²) in [7, 11) is 0. The highest BCUT2D eigenvalue weighted by molar-refractivity contribution is 7.99. The predicted molar refractivity (Wildman–Crippen MR) is 61.9 cm³/mol. The van der Waals surface area contributed by atoms with Gasteiger partial charge in [0.2, 0.25) is 0 Å². The zero-order valence-corrected chi connectivity index (χ0v) is 10.3. The van der Waals surface area contributed by atoms with Crippen molar-refractivity contribution in [2.75, 3.05) is 37.7 Å². The van der Waals surface area contributed by atoms with Gasteiger partial charge in [-0.25, -0.2) is 0 Å². The summed E-state index contributed by atoms with van der Waals surface area (Å²) in [6, 6.07) is 0.182. The summed E-state index contributed by atoms with van der Waals surface area (Å²) in [6.07, 6.45) is -2.97. The average Bonchev–Trinajstić information content (AvgIpc) is 2.43. The highest BCUT2D eigenvalue weighted by atomic mass is 32.2. The van der Waals surface area contributed by atoms with E-state index in [2.05, 4.69) is 10.2 Å². The average molecular weight is 256 g/mol. The topological polar surface area (TPSA) is 15.3 Å². The van der Waals surface area contributed by atoms with Crippen molar-refractivity contribution >= 4 is 11.8 Å². The van der Waals surface area contributed by atoms with Crippen LogP contribution in [0.5, 0.6) is 0 Å². The Bertz CT molecular complexity index is 191. The molecule has 1 N–H and O–H groups in total. The third-order valence-electron chi connectivity index (χ3n) is 2.65. The lowest BCUT2D eigenvalue weighted by molar-refractivity contribution is -0.125. The Kier molecular flexibility index (Phi) is 5.92. The molecular weight excluding hydrogens is 237 g/mol. The fraction of sp³-hybridized carbons (Fsp3) is 1.00. The van der Waals surface area contributed by atoms with Crippen molar-refractivity contribution in [3.05, 3.63) is 0 Å². The van der Waals surface area contributed by atoms with Crippen LogP contribution in [-0.2, 0) is 0 Å². The summed E-state index contributed by atoms with van der Waals surface area (Å²) in [5.41, 5.74) is 0. The number of hydrogen-bond donors (Lipinski definition) is 1. The molecule has 0 bridgehead atoms. The van der Waals surface area contributed by atoms with Crippen LogP contribution in [0.25, 0.3) is 0 Å². The maximum Gasteiger partial charge on any atom is 0.401 e. The minimum Gasteiger partial charge on any atom is -0.307 e. The van der Waals surface area contributed by atoms with Gasteiger partial charge in [0.05, 0.1) is 6.54 Å². The van der Waals surface area contributed by atoms with Gasteiger partial charge in [-0.3, -0.25) is 4.90 Å². The molecule has 0 aromatic heterocycles. The van der Waals surface area contributed by atoms with Crippen LogP contribution >= 0.6 is 11.8 Å². The second-order valence-electron chi connectivity index (χ2n) is 4.10. The summed E-state index contributed by atoms with van der Waals surface area (Å²) < 4.78 is 35.8. The molecule has 1 aliphatic heterocycles. The first-order valence-electron chi connectivity index (χ1n) is 5.58. The van der Waals surface area contributed by atoms with E-state index in [0.29, 0.717) is 6.54 Å². The molecule has 1 fully saturated rings. The van der Waals surface area contributed by atoms with Gasteiger partial charge in [0.1, 0.15) is 0 Å². The minimum absolute atomic E-state index is 0.182. The largest absolute Gasteiger partial charge is 0.401 e. The van der Waals surface area contributed by atoms with Crippen molar-refractivity contribution in [1.29, 1.82) is 0 Å². The third kappa shape index (κ3) is 5.96. The third-order valence-corrected chi connectivity index (χ3v) is 3.69. The lowest BCUT2D eigenvalue weighted by Crippen LogP contribution is -2.43. The molecular formula is C10H19F3N2S. The number of hydrogen-bond acceptors (Lipinski definition) is 3. The summed E-state index contributed by atoms with van der Waals surface area (Å²) in [5, 5.41) is 2.47. The molecule has 1 heterocycles. The van der Waals surface area contributed by atoms with E-state index in [9.17, 15) is 13.2 Å². The first-order valence-corrected chi connectivity index (χ1v) is 6.74. The first-order chi connectivity index (χ1) is 7.49. The molecule has 96 valence electrons. The van der Waals surface area contributed by atoms with E-state index in [0.717, 1.165) is 25.3 Å². The van der Waals surface area contributed by atoms with Crippen molar-refractivity contribution in [3.8, 4) is 0 Å². The Hall–Kier alpha value is 0.0600. The van der Waals surface area contributed by atoms with Gasteiger partial charge in [-0.05, 0) is 25.6 Å². The number of nitrogens with one attached hydrogen (secondary N) is 1. The van der Waals surface area contributed by atoms with E-state index in [4.69, 9.17) is 0 Å². The maximum atomic E-state index is 11.9. The monoisotopic (exact) mass is 256 g/mol.